The van der Waals surface area contributed by atoms with E-state index in [1.807, 2.05) is 44.3 Å². The molecule has 1 aromatic carbocycles. The lowest BCUT2D eigenvalue weighted by molar-refractivity contribution is 0.535. The molecule has 102 valence electrons. The number of nitrogen functional groups attached to an aromatic ring is 1. The van der Waals surface area contributed by atoms with E-state index < -0.39 is 0 Å². The number of aromatic nitrogens is 2. The van der Waals surface area contributed by atoms with Gasteiger partial charge in [0.2, 0.25) is 0 Å². The van der Waals surface area contributed by atoms with Crippen LogP contribution in [0.15, 0.2) is 41.0 Å². The van der Waals surface area contributed by atoms with Crippen LogP contribution < -0.4 is 5.73 Å². The van der Waals surface area contributed by atoms with Gasteiger partial charge in [0.05, 0.1) is 5.56 Å². The fourth-order valence-electron chi connectivity index (χ4n) is 2.21. The largest absolute Gasteiger partial charge is 0.469 e. The predicted molar refractivity (Wildman–Crippen MR) is 80.5 cm³/mol. The van der Waals surface area contributed by atoms with Crippen LogP contribution in [-0.2, 0) is 7.05 Å². The molecule has 0 saturated heterocycles. The first-order valence-electron chi connectivity index (χ1n) is 6.20. The van der Waals surface area contributed by atoms with Gasteiger partial charge in [-0.15, -0.1) is 0 Å². The molecule has 0 aliphatic heterocycles. The molecule has 3 rings (SSSR count). The average molecular weight is 288 g/mol. The van der Waals surface area contributed by atoms with Crippen molar-refractivity contribution in [2.24, 2.45) is 7.05 Å². The van der Waals surface area contributed by atoms with Crippen LogP contribution in [0, 0.1) is 6.92 Å². The summed E-state index contributed by atoms with van der Waals surface area (Å²) in [5.74, 6) is 1.45. The number of rotatable bonds is 2. The van der Waals surface area contributed by atoms with E-state index >= 15 is 0 Å². The molecule has 3 aromatic rings. The lowest BCUT2D eigenvalue weighted by Gasteiger charge is -2.03. The zero-order chi connectivity index (χ0) is 14.3. The van der Waals surface area contributed by atoms with Crippen molar-refractivity contribution in [3.8, 4) is 22.4 Å². The van der Waals surface area contributed by atoms with Crippen molar-refractivity contribution in [2.45, 2.75) is 6.92 Å². The number of aryl methyl sites for hydroxylation is 2. The van der Waals surface area contributed by atoms with Crippen molar-refractivity contribution in [3.05, 3.63) is 47.4 Å². The van der Waals surface area contributed by atoms with Crippen LogP contribution >= 0.6 is 11.6 Å². The minimum Gasteiger partial charge on any atom is -0.469 e. The van der Waals surface area contributed by atoms with Crippen LogP contribution in [0.1, 0.15) is 5.76 Å². The quantitative estimate of drug-likeness (QED) is 0.778. The van der Waals surface area contributed by atoms with Gasteiger partial charge >= 0.3 is 0 Å². The Labute approximate surface area is 121 Å². The Morgan fingerprint density at radius 2 is 1.90 bits per heavy atom. The molecule has 0 spiro atoms. The molecule has 0 saturated carbocycles. The van der Waals surface area contributed by atoms with E-state index in [0.29, 0.717) is 10.8 Å². The molecule has 20 heavy (non-hydrogen) atoms. The standard InChI is InChI=1S/C15H14ClN3O/c1-9-7-11(8-20-9)14-13(15(17)19(2)18-14)10-3-5-12(16)6-4-10/h3-8H,17H2,1-2H3. The first-order valence-corrected chi connectivity index (χ1v) is 6.58. The van der Waals surface area contributed by atoms with Crippen LogP contribution in [0.2, 0.25) is 5.02 Å². The fraction of sp³-hybridized carbons (Fsp3) is 0.133. The molecule has 0 atom stereocenters. The molecular weight excluding hydrogens is 274 g/mol. The highest BCUT2D eigenvalue weighted by atomic mass is 35.5. The predicted octanol–water partition coefficient (Wildman–Crippen LogP) is 3.89. The normalized spacial score (nSPS) is 10.9. The molecule has 2 aromatic heterocycles. The van der Waals surface area contributed by atoms with Crippen molar-refractivity contribution in [3.63, 3.8) is 0 Å². The number of halogens is 1. The first-order chi connectivity index (χ1) is 9.56. The van der Waals surface area contributed by atoms with Crippen molar-refractivity contribution in [1.29, 1.82) is 0 Å². The minimum atomic E-state index is 0.612. The minimum absolute atomic E-state index is 0.612. The third kappa shape index (κ3) is 2.08. The SMILES string of the molecule is Cc1cc(-c2nn(C)c(N)c2-c2ccc(Cl)cc2)co1. The highest BCUT2D eigenvalue weighted by Crippen LogP contribution is 2.36. The molecule has 0 aliphatic rings. The second kappa shape index (κ2) is 4.72. The van der Waals surface area contributed by atoms with E-state index in [1.165, 1.54) is 0 Å². The monoisotopic (exact) mass is 287 g/mol. The second-order valence-electron chi connectivity index (χ2n) is 4.69. The molecule has 2 N–H and O–H groups in total. The maximum absolute atomic E-state index is 6.15. The Morgan fingerprint density at radius 1 is 1.20 bits per heavy atom. The van der Waals surface area contributed by atoms with Gasteiger partial charge in [0.1, 0.15) is 23.5 Å². The van der Waals surface area contributed by atoms with E-state index in [4.69, 9.17) is 21.8 Å². The third-order valence-electron chi connectivity index (χ3n) is 3.23. The fourth-order valence-corrected chi connectivity index (χ4v) is 2.33. The Balaban J connectivity index is 2.21. The van der Waals surface area contributed by atoms with Gasteiger partial charge in [-0.05, 0) is 30.7 Å². The summed E-state index contributed by atoms with van der Waals surface area (Å²) in [6.07, 6.45) is 1.69. The number of nitrogens with two attached hydrogens (primary N) is 1. The second-order valence-corrected chi connectivity index (χ2v) is 5.12. The highest BCUT2D eigenvalue weighted by Gasteiger charge is 2.18. The van der Waals surface area contributed by atoms with E-state index in [0.717, 1.165) is 28.1 Å². The number of nitrogens with zero attached hydrogens (tertiary/aromatic N) is 2. The van der Waals surface area contributed by atoms with Crippen molar-refractivity contribution >= 4 is 17.4 Å². The lowest BCUT2D eigenvalue weighted by atomic mass is 10.0. The molecule has 0 bridgehead atoms. The van der Waals surface area contributed by atoms with Crippen LogP contribution in [0.4, 0.5) is 5.82 Å². The van der Waals surface area contributed by atoms with Gasteiger partial charge in [0, 0.05) is 17.6 Å². The molecule has 0 unspecified atom stereocenters. The van der Waals surface area contributed by atoms with Gasteiger partial charge in [-0.25, -0.2) is 0 Å². The summed E-state index contributed by atoms with van der Waals surface area (Å²) in [5.41, 5.74) is 9.75. The van der Waals surface area contributed by atoms with Gasteiger partial charge < -0.3 is 10.2 Å². The molecule has 5 heteroatoms. The summed E-state index contributed by atoms with van der Waals surface area (Å²) in [4.78, 5) is 0. The Bertz CT molecular complexity index is 756. The number of hydrogen-bond donors (Lipinski definition) is 1. The first kappa shape index (κ1) is 12.8. The summed E-state index contributed by atoms with van der Waals surface area (Å²) in [6, 6.07) is 9.50. The van der Waals surface area contributed by atoms with E-state index in [1.54, 1.807) is 10.9 Å². The Morgan fingerprint density at radius 3 is 2.50 bits per heavy atom. The number of benzene rings is 1. The van der Waals surface area contributed by atoms with Crippen molar-refractivity contribution < 1.29 is 4.42 Å². The van der Waals surface area contributed by atoms with E-state index in [2.05, 4.69) is 5.10 Å². The maximum Gasteiger partial charge on any atom is 0.129 e. The molecule has 0 amide bonds. The number of anilines is 1. The van der Waals surface area contributed by atoms with E-state index in [-0.39, 0.29) is 0 Å². The molecule has 0 aliphatic carbocycles. The third-order valence-corrected chi connectivity index (χ3v) is 3.48. The summed E-state index contributed by atoms with van der Waals surface area (Å²) in [5, 5.41) is 5.18. The van der Waals surface area contributed by atoms with Crippen LogP contribution in [0.5, 0.6) is 0 Å². The van der Waals surface area contributed by atoms with Crippen LogP contribution in [-0.4, -0.2) is 9.78 Å². The van der Waals surface area contributed by atoms with E-state index in [9.17, 15) is 0 Å². The number of furan rings is 1. The summed E-state index contributed by atoms with van der Waals surface area (Å²) < 4.78 is 7.04. The summed E-state index contributed by atoms with van der Waals surface area (Å²) in [6.45, 7) is 1.90. The maximum atomic E-state index is 6.15. The molecule has 0 radical (unpaired) electrons. The summed E-state index contributed by atoms with van der Waals surface area (Å²) in [7, 11) is 1.82. The van der Waals surface area contributed by atoms with Crippen LogP contribution in [0.3, 0.4) is 0 Å². The summed E-state index contributed by atoms with van der Waals surface area (Å²) >= 11 is 5.94. The number of hydrogen-bond acceptors (Lipinski definition) is 3. The smallest absolute Gasteiger partial charge is 0.129 e. The van der Waals surface area contributed by atoms with Gasteiger partial charge in [-0.2, -0.15) is 5.10 Å². The average Bonchev–Trinajstić information content (AvgIpc) is 2.97. The Kier molecular flexibility index (Phi) is 3.03. The van der Waals surface area contributed by atoms with Crippen molar-refractivity contribution in [2.75, 3.05) is 5.73 Å². The van der Waals surface area contributed by atoms with Gasteiger partial charge in [0.15, 0.2) is 0 Å². The Hall–Kier alpha value is -2.20. The lowest BCUT2D eigenvalue weighted by Crippen LogP contribution is -1.97. The molecule has 2 heterocycles. The van der Waals surface area contributed by atoms with Gasteiger partial charge in [0.25, 0.3) is 0 Å². The zero-order valence-corrected chi connectivity index (χ0v) is 12.0. The molecule has 4 nitrogen and oxygen atoms in total. The van der Waals surface area contributed by atoms with Crippen molar-refractivity contribution in [1.82, 2.24) is 9.78 Å². The topological polar surface area (TPSA) is 57.0 Å². The zero-order valence-electron chi connectivity index (χ0n) is 11.2. The van der Waals surface area contributed by atoms with Gasteiger partial charge in [-0.1, -0.05) is 23.7 Å². The highest BCUT2D eigenvalue weighted by molar-refractivity contribution is 6.30. The molecule has 0 fully saturated rings. The van der Waals surface area contributed by atoms with Crippen LogP contribution in [0.25, 0.3) is 22.4 Å². The molecular formula is C15H14ClN3O. The van der Waals surface area contributed by atoms with Gasteiger partial charge in [-0.3, -0.25) is 4.68 Å².